The van der Waals surface area contributed by atoms with E-state index >= 15 is 0 Å². The molecule has 2 aliphatic heterocycles. The average Bonchev–Trinajstić information content (AvgIpc) is 3.05. The third kappa shape index (κ3) is 3.45. The minimum absolute atomic E-state index is 0.0654. The summed E-state index contributed by atoms with van der Waals surface area (Å²) < 4.78 is 0. The molecule has 2 atom stereocenters. The van der Waals surface area contributed by atoms with E-state index in [2.05, 4.69) is 27.3 Å². The molecule has 0 spiro atoms. The number of amidine groups is 1. The van der Waals surface area contributed by atoms with Crippen molar-refractivity contribution in [1.82, 2.24) is 10.2 Å². The Morgan fingerprint density at radius 1 is 0.960 bits per heavy atom. The lowest BCUT2D eigenvalue weighted by molar-refractivity contribution is -0.122. The van der Waals surface area contributed by atoms with Gasteiger partial charge in [0.1, 0.15) is 5.84 Å². The van der Waals surface area contributed by atoms with Crippen LogP contribution in [0.25, 0.3) is 0 Å². The normalized spacial score (nSPS) is 21.7. The highest BCUT2D eigenvalue weighted by molar-refractivity contribution is 6.04. The average molecular weight is 332 g/mol. The molecule has 0 fully saturated rings. The Balaban J connectivity index is 1.47. The molecule has 1 N–H and O–H groups in total. The molecule has 0 radical (unpaired) electrons. The van der Waals surface area contributed by atoms with E-state index in [4.69, 9.17) is 4.99 Å². The number of carbonyl (C=O) groups is 1. The number of fused-ring (bicyclic) bond motifs is 1. The second kappa shape index (κ2) is 6.89. The number of nitrogens with zero attached hydrogens (tertiary/aromatic N) is 3. The van der Waals surface area contributed by atoms with E-state index in [9.17, 15) is 4.79 Å². The maximum Gasteiger partial charge on any atom is 0.254 e. The Hall–Kier alpha value is -2.95. The number of hydrogen-bond donors (Lipinski definition) is 1. The zero-order chi connectivity index (χ0) is 17.1. The van der Waals surface area contributed by atoms with Crippen LogP contribution in [0.3, 0.4) is 0 Å². The van der Waals surface area contributed by atoms with Crippen LogP contribution in [-0.4, -0.2) is 41.7 Å². The summed E-state index contributed by atoms with van der Waals surface area (Å²) in [6.45, 7) is 0.796. The molecule has 5 heteroatoms. The fraction of sp³-hybridized carbons (Fsp3) is 0.250. The van der Waals surface area contributed by atoms with Crippen LogP contribution in [0.15, 0.2) is 70.6 Å². The van der Waals surface area contributed by atoms with Gasteiger partial charge in [0, 0.05) is 13.0 Å². The first-order chi connectivity index (χ1) is 12.3. The van der Waals surface area contributed by atoms with E-state index in [1.807, 2.05) is 48.5 Å². The fourth-order valence-electron chi connectivity index (χ4n) is 3.21. The maximum atomic E-state index is 12.4. The molecule has 1 amide bonds. The second-order valence-electron chi connectivity index (χ2n) is 6.32. The van der Waals surface area contributed by atoms with Crippen molar-refractivity contribution in [2.45, 2.75) is 25.0 Å². The third-order valence-electron chi connectivity index (χ3n) is 4.54. The van der Waals surface area contributed by atoms with Gasteiger partial charge in [-0.25, -0.2) is 4.99 Å². The van der Waals surface area contributed by atoms with Gasteiger partial charge in [-0.15, -0.1) is 0 Å². The summed E-state index contributed by atoms with van der Waals surface area (Å²) in [5.41, 5.74) is 2.41. The number of nitrogens with one attached hydrogen (secondary N) is 1. The second-order valence-corrected chi connectivity index (χ2v) is 6.32. The van der Waals surface area contributed by atoms with E-state index in [0.29, 0.717) is 12.3 Å². The van der Waals surface area contributed by atoms with E-state index in [1.165, 1.54) is 5.56 Å². The Morgan fingerprint density at radius 3 is 2.36 bits per heavy atom. The Labute approximate surface area is 147 Å². The van der Waals surface area contributed by atoms with Crippen LogP contribution in [0.1, 0.15) is 11.1 Å². The number of amides is 1. The predicted octanol–water partition coefficient (Wildman–Crippen LogP) is 2.04. The molecule has 0 saturated heterocycles. The molecule has 2 aromatic carbocycles. The Morgan fingerprint density at radius 2 is 1.64 bits per heavy atom. The summed E-state index contributed by atoms with van der Waals surface area (Å²) in [4.78, 5) is 23.6. The van der Waals surface area contributed by atoms with Gasteiger partial charge in [-0.05, 0) is 17.5 Å². The van der Waals surface area contributed by atoms with Crippen LogP contribution >= 0.6 is 0 Å². The van der Waals surface area contributed by atoms with Gasteiger partial charge in [0.05, 0.1) is 6.34 Å². The van der Waals surface area contributed by atoms with Crippen molar-refractivity contribution in [3.05, 3.63) is 71.8 Å². The molecule has 0 saturated carbocycles. The molecular formula is C20H20N4O. The molecule has 0 aliphatic carbocycles. The van der Waals surface area contributed by atoms with Gasteiger partial charge in [0.25, 0.3) is 5.91 Å². The zero-order valence-corrected chi connectivity index (χ0v) is 13.9. The number of aliphatic imine (C=N–C) groups is 2. The summed E-state index contributed by atoms with van der Waals surface area (Å²) in [6.07, 6.45) is 3.08. The van der Waals surface area contributed by atoms with Gasteiger partial charge < -0.3 is 10.2 Å². The summed E-state index contributed by atoms with van der Waals surface area (Å²) in [5.74, 6) is 0.650. The lowest BCUT2D eigenvalue weighted by atomic mass is 10.1. The number of carbonyl (C=O) groups excluding carboxylic acids is 1. The van der Waals surface area contributed by atoms with Crippen molar-refractivity contribution in [2.24, 2.45) is 9.98 Å². The summed E-state index contributed by atoms with van der Waals surface area (Å²) in [6, 6.07) is 19.9. The highest BCUT2D eigenvalue weighted by Crippen LogP contribution is 2.20. The number of benzene rings is 2. The molecule has 2 aliphatic rings. The SMILES string of the molecule is O=C1NC(Cc2ccccc2)=NC2C1N=CN2CCc1ccccc1. The van der Waals surface area contributed by atoms with Crippen LogP contribution in [0.4, 0.5) is 0 Å². The van der Waals surface area contributed by atoms with Crippen LogP contribution in [-0.2, 0) is 17.6 Å². The standard InChI is InChI=1S/C20H20N4O/c25-20-18-19(22-17(23-20)13-16-9-5-2-6-10-16)24(14-21-18)12-11-15-7-3-1-4-8-15/h1-10,14,18-19H,11-13H2,(H,22,23,25). The largest absolute Gasteiger partial charge is 0.338 e. The van der Waals surface area contributed by atoms with Crippen molar-refractivity contribution in [1.29, 1.82) is 0 Å². The summed E-state index contributed by atoms with van der Waals surface area (Å²) in [7, 11) is 0. The van der Waals surface area contributed by atoms with E-state index in [0.717, 1.165) is 18.5 Å². The molecular weight excluding hydrogens is 312 g/mol. The van der Waals surface area contributed by atoms with Gasteiger partial charge in [0.2, 0.25) is 0 Å². The number of rotatable bonds is 5. The van der Waals surface area contributed by atoms with Crippen LogP contribution in [0.5, 0.6) is 0 Å². The third-order valence-corrected chi connectivity index (χ3v) is 4.54. The summed E-state index contributed by atoms with van der Waals surface area (Å²) >= 11 is 0. The molecule has 2 heterocycles. The van der Waals surface area contributed by atoms with Crippen molar-refractivity contribution < 1.29 is 4.79 Å². The van der Waals surface area contributed by atoms with Crippen LogP contribution in [0, 0.1) is 0 Å². The van der Waals surface area contributed by atoms with Crippen molar-refractivity contribution >= 4 is 18.1 Å². The Kier molecular flexibility index (Phi) is 4.29. The quantitative estimate of drug-likeness (QED) is 0.911. The molecule has 2 aromatic rings. The lowest BCUT2D eigenvalue weighted by Crippen LogP contribution is -2.52. The minimum Gasteiger partial charge on any atom is -0.338 e. The van der Waals surface area contributed by atoms with Gasteiger partial charge in [0.15, 0.2) is 12.2 Å². The molecule has 4 rings (SSSR count). The monoisotopic (exact) mass is 332 g/mol. The molecule has 5 nitrogen and oxygen atoms in total. The molecule has 126 valence electrons. The van der Waals surface area contributed by atoms with Gasteiger partial charge in [-0.1, -0.05) is 60.7 Å². The van der Waals surface area contributed by atoms with Gasteiger partial charge >= 0.3 is 0 Å². The lowest BCUT2D eigenvalue weighted by Gasteiger charge is -2.29. The molecule has 25 heavy (non-hydrogen) atoms. The van der Waals surface area contributed by atoms with E-state index < -0.39 is 6.04 Å². The first kappa shape index (κ1) is 15.6. The number of hydrogen-bond acceptors (Lipinski definition) is 4. The van der Waals surface area contributed by atoms with Crippen molar-refractivity contribution in [2.75, 3.05) is 6.54 Å². The van der Waals surface area contributed by atoms with Crippen molar-refractivity contribution in [3.63, 3.8) is 0 Å². The molecule has 2 unspecified atom stereocenters. The smallest absolute Gasteiger partial charge is 0.254 e. The van der Waals surface area contributed by atoms with E-state index in [1.54, 1.807) is 6.34 Å². The first-order valence-corrected chi connectivity index (χ1v) is 8.54. The molecule has 0 aromatic heterocycles. The van der Waals surface area contributed by atoms with Crippen LogP contribution in [0.2, 0.25) is 0 Å². The summed E-state index contributed by atoms with van der Waals surface area (Å²) in [5, 5.41) is 2.90. The predicted molar refractivity (Wildman–Crippen MR) is 98.6 cm³/mol. The van der Waals surface area contributed by atoms with Gasteiger partial charge in [-0.2, -0.15) is 0 Å². The highest BCUT2D eigenvalue weighted by atomic mass is 16.2. The van der Waals surface area contributed by atoms with Crippen LogP contribution < -0.4 is 5.32 Å². The van der Waals surface area contributed by atoms with Crippen molar-refractivity contribution in [3.8, 4) is 0 Å². The fourth-order valence-corrected chi connectivity index (χ4v) is 3.21. The Bertz CT molecular complexity index is 801. The maximum absolute atomic E-state index is 12.4. The highest BCUT2D eigenvalue weighted by Gasteiger charge is 2.39. The zero-order valence-electron chi connectivity index (χ0n) is 13.9. The van der Waals surface area contributed by atoms with E-state index in [-0.39, 0.29) is 12.1 Å². The first-order valence-electron chi connectivity index (χ1n) is 8.54. The minimum atomic E-state index is -0.435. The molecule has 0 bridgehead atoms. The van der Waals surface area contributed by atoms with Gasteiger partial charge in [-0.3, -0.25) is 9.79 Å². The topological polar surface area (TPSA) is 57.1 Å².